The van der Waals surface area contributed by atoms with E-state index in [1.807, 2.05) is 44.2 Å². The van der Waals surface area contributed by atoms with E-state index in [2.05, 4.69) is 4.98 Å². The second kappa shape index (κ2) is 6.66. The molecule has 1 fully saturated rings. The Labute approximate surface area is 140 Å². The van der Waals surface area contributed by atoms with Crippen LogP contribution in [-0.4, -0.2) is 57.4 Å². The molecule has 1 atom stereocenters. The molecule has 1 aliphatic rings. The Balaban J connectivity index is 1.84. The molecule has 2 heterocycles. The summed E-state index contributed by atoms with van der Waals surface area (Å²) in [4.78, 5) is 32.1. The molecule has 0 unspecified atom stereocenters. The lowest BCUT2D eigenvalue weighted by molar-refractivity contribution is -0.134. The highest BCUT2D eigenvalue weighted by Gasteiger charge is 2.37. The summed E-state index contributed by atoms with van der Waals surface area (Å²) >= 11 is 1.63. The van der Waals surface area contributed by atoms with Crippen LogP contribution in [0.1, 0.15) is 24.3 Å². The van der Waals surface area contributed by atoms with E-state index in [1.54, 1.807) is 21.6 Å². The first kappa shape index (κ1) is 15.9. The summed E-state index contributed by atoms with van der Waals surface area (Å²) in [6.45, 7) is 5.27. The van der Waals surface area contributed by atoms with Gasteiger partial charge in [0.1, 0.15) is 11.7 Å². The average Bonchev–Trinajstić information content (AvgIpc) is 3.21. The minimum absolute atomic E-state index is 0.0458. The number of amides is 2. The number of aromatic nitrogens is 1. The Morgan fingerprint density at radius 1 is 1.30 bits per heavy atom. The number of para-hydroxylation sites is 1. The first-order valence-electron chi connectivity index (χ1n) is 7.91. The van der Waals surface area contributed by atoms with E-state index in [0.29, 0.717) is 30.4 Å². The van der Waals surface area contributed by atoms with Crippen molar-refractivity contribution in [2.45, 2.75) is 19.9 Å². The van der Waals surface area contributed by atoms with Crippen molar-refractivity contribution < 1.29 is 9.59 Å². The Morgan fingerprint density at radius 3 is 2.74 bits per heavy atom. The normalized spacial score (nSPS) is 17.7. The number of nitrogens with one attached hydrogen (secondary N) is 1. The van der Waals surface area contributed by atoms with Gasteiger partial charge in [0.2, 0.25) is 5.91 Å². The fourth-order valence-corrected chi connectivity index (χ4v) is 4.08. The smallest absolute Gasteiger partial charge is 0.271 e. The number of hydrogen-bond acceptors (Lipinski definition) is 3. The highest BCUT2D eigenvalue weighted by atomic mass is 32.2. The Bertz CT molecular complexity index is 690. The van der Waals surface area contributed by atoms with E-state index in [-0.39, 0.29) is 17.9 Å². The van der Waals surface area contributed by atoms with Crippen LogP contribution in [0.4, 0.5) is 0 Å². The number of rotatable bonds is 4. The molecule has 1 saturated heterocycles. The lowest BCUT2D eigenvalue weighted by atomic mass is 10.2. The molecule has 2 aromatic rings. The maximum Gasteiger partial charge on any atom is 0.271 e. The number of likely N-dealkylation sites (N-methyl/N-ethyl adjacent to an activating group) is 1. The summed E-state index contributed by atoms with van der Waals surface area (Å²) in [7, 11) is 0. The van der Waals surface area contributed by atoms with E-state index in [4.69, 9.17) is 0 Å². The number of carbonyl (C=O) groups excluding carboxylic acids is 2. The van der Waals surface area contributed by atoms with E-state index in [0.717, 1.165) is 10.9 Å². The molecule has 122 valence electrons. The Morgan fingerprint density at radius 2 is 2.04 bits per heavy atom. The lowest BCUT2D eigenvalue weighted by Crippen LogP contribution is -2.49. The number of aromatic amines is 1. The largest absolute Gasteiger partial charge is 0.351 e. The predicted molar refractivity (Wildman–Crippen MR) is 93.5 cm³/mol. The summed E-state index contributed by atoms with van der Waals surface area (Å²) in [5.41, 5.74) is 1.49. The zero-order chi connectivity index (χ0) is 16.4. The molecule has 6 heteroatoms. The van der Waals surface area contributed by atoms with Crippen molar-refractivity contribution in [3.8, 4) is 0 Å². The summed E-state index contributed by atoms with van der Waals surface area (Å²) in [5, 5.41) is 1.01. The van der Waals surface area contributed by atoms with Crippen LogP contribution >= 0.6 is 11.8 Å². The molecule has 5 nitrogen and oxygen atoms in total. The van der Waals surface area contributed by atoms with Gasteiger partial charge in [0, 0.05) is 29.7 Å². The quantitative estimate of drug-likeness (QED) is 0.937. The van der Waals surface area contributed by atoms with Crippen molar-refractivity contribution in [2.75, 3.05) is 24.7 Å². The number of thioether (sulfide) groups is 1. The van der Waals surface area contributed by atoms with Crippen molar-refractivity contribution >= 4 is 34.5 Å². The lowest BCUT2D eigenvalue weighted by Gasteiger charge is -2.28. The van der Waals surface area contributed by atoms with Crippen molar-refractivity contribution in [2.24, 2.45) is 0 Å². The van der Waals surface area contributed by atoms with Crippen LogP contribution in [0.3, 0.4) is 0 Å². The second-order valence-corrected chi connectivity index (χ2v) is 6.57. The minimum atomic E-state index is -0.362. The minimum Gasteiger partial charge on any atom is -0.351 e. The molecule has 0 saturated carbocycles. The van der Waals surface area contributed by atoms with E-state index in [9.17, 15) is 9.59 Å². The van der Waals surface area contributed by atoms with Crippen LogP contribution in [0.2, 0.25) is 0 Å². The zero-order valence-electron chi connectivity index (χ0n) is 13.4. The summed E-state index contributed by atoms with van der Waals surface area (Å²) in [6, 6.07) is 9.30. The highest BCUT2D eigenvalue weighted by molar-refractivity contribution is 7.99. The molecule has 3 rings (SSSR count). The maximum absolute atomic E-state index is 12.8. The fourth-order valence-electron chi connectivity index (χ4n) is 2.94. The Kier molecular flexibility index (Phi) is 4.61. The van der Waals surface area contributed by atoms with Crippen molar-refractivity contribution in [1.29, 1.82) is 0 Å². The van der Waals surface area contributed by atoms with E-state index < -0.39 is 0 Å². The van der Waals surface area contributed by atoms with Gasteiger partial charge in [-0.05, 0) is 26.0 Å². The molecule has 1 N–H and O–H groups in total. The molecule has 0 aliphatic carbocycles. The van der Waals surface area contributed by atoms with Gasteiger partial charge in [0.25, 0.3) is 5.91 Å². The molecule has 23 heavy (non-hydrogen) atoms. The average molecular weight is 331 g/mol. The third-order valence-electron chi connectivity index (χ3n) is 4.26. The van der Waals surface area contributed by atoms with Gasteiger partial charge in [-0.1, -0.05) is 18.2 Å². The van der Waals surface area contributed by atoms with Crippen LogP contribution in [0.15, 0.2) is 30.3 Å². The molecule has 1 aromatic heterocycles. The van der Waals surface area contributed by atoms with Gasteiger partial charge < -0.3 is 14.8 Å². The first-order valence-corrected chi connectivity index (χ1v) is 9.06. The molecular formula is C17H21N3O2S. The molecule has 0 radical (unpaired) electrons. The van der Waals surface area contributed by atoms with Gasteiger partial charge in [0.15, 0.2) is 0 Å². The van der Waals surface area contributed by atoms with Crippen LogP contribution in [0, 0.1) is 0 Å². The summed E-state index contributed by atoms with van der Waals surface area (Å²) in [5.74, 6) is 1.17. The van der Waals surface area contributed by atoms with Gasteiger partial charge in [-0.25, -0.2) is 0 Å². The van der Waals surface area contributed by atoms with Crippen LogP contribution in [0.25, 0.3) is 10.9 Å². The van der Waals surface area contributed by atoms with Crippen LogP contribution in [0.5, 0.6) is 0 Å². The van der Waals surface area contributed by atoms with E-state index >= 15 is 0 Å². The third kappa shape index (κ3) is 2.95. The number of carbonyl (C=O) groups is 2. The molecule has 2 amide bonds. The number of fused-ring (bicyclic) bond motifs is 1. The molecule has 1 aromatic carbocycles. The van der Waals surface area contributed by atoms with Gasteiger partial charge in [-0.15, -0.1) is 11.8 Å². The first-order chi connectivity index (χ1) is 11.2. The standard InChI is InChI=1S/C17H21N3O2S/c1-3-19(4-2)17(22)15-10-23-11-20(15)16(21)14-9-12-7-5-6-8-13(12)18-14/h5-9,15,18H,3-4,10-11H2,1-2H3/t15-/m1/s1. The topological polar surface area (TPSA) is 56.4 Å². The van der Waals surface area contributed by atoms with E-state index in [1.165, 1.54) is 0 Å². The molecule has 1 aliphatic heterocycles. The SMILES string of the molecule is CCN(CC)C(=O)[C@H]1CSCN1C(=O)c1cc2ccccc2[nH]1. The molecule has 0 spiro atoms. The van der Waals surface area contributed by atoms with Gasteiger partial charge in [-0.2, -0.15) is 0 Å². The zero-order valence-corrected chi connectivity index (χ0v) is 14.2. The third-order valence-corrected chi connectivity index (χ3v) is 5.28. The van der Waals surface area contributed by atoms with Crippen molar-refractivity contribution in [3.05, 3.63) is 36.0 Å². The van der Waals surface area contributed by atoms with Gasteiger partial charge in [-0.3, -0.25) is 9.59 Å². The number of benzene rings is 1. The maximum atomic E-state index is 12.8. The van der Waals surface area contributed by atoms with Gasteiger partial charge in [0.05, 0.1) is 5.88 Å². The molecule has 0 bridgehead atoms. The summed E-state index contributed by atoms with van der Waals surface area (Å²) in [6.07, 6.45) is 0. The van der Waals surface area contributed by atoms with Crippen molar-refractivity contribution in [3.63, 3.8) is 0 Å². The predicted octanol–water partition coefficient (Wildman–Crippen LogP) is 2.55. The monoisotopic (exact) mass is 331 g/mol. The van der Waals surface area contributed by atoms with Gasteiger partial charge >= 0.3 is 0 Å². The molecular weight excluding hydrogens is 310 g/mol. The van der Waals surface area contributed by atoms with Crippen LogP contribution < -0.4 is 0 Å². The number of hydrogen-bond donors (Lipinski definition) is 1. The highest BCUT2D eigenvalue weighted by Crippen LogP contribution is 2.25. The fraction of sp³-hybridized carbons (Fsp3) is 0.412. The number of nitrogens with zero attached hydrogens (tertiary/aromatic N) is 2. The summed E-state index contributed by atoms with van der Waals surface area (Å²) < 4.78 is 0. The van der Waals surface area contributed by atoms with Crippen LogP contribution in [-0.2, 0) is 4.79 Å². The van der Waals surface area contributed by atoms with Crippen molar-refractivity contribution in [1.82, 2.24) is 14.8 Å². The second-order valence-electron chi connectivity index (χ2n) is 5.57. The number of H-pyrrole nitrogens is 1. The Hall–Kier alpha value is -1.95.